The quantitative estimate of drug-likeness (QED) is 0.856. The zero-order valence-electron chi connectivity index (χ0n) is 12.6. The van der Waals surface area contributed by atoms with Gasteiger partial charge in [-0.25, -0.2) is 0 Å². The van der Waals surface area contributed by atoms with Crippen LogP contribution in [0.4, 0.5) is 0 Å². The molecule has 2 aliphatic carbocycles. The van der Waals surface area contributed by atoms with Crippen LogP contribution in [0.25, 0.3) is 0 Å². The van der Waals surface area contributed by atoms with Gasteiger partial charge in [0.2, 0.25) is 0 Å². The summed E-state index contributed by atoms with van der Waals surface area (Å²) in [6.45, 7) is 8.11. The monoisotopic (exact) mass is 257 g/mol. The first-order valence-corrected chi connectivity index (χ1v) is 7.92. The summed E-state index contributed by atoms with van der Waals surface area (Å²) in [4.78, 5) is 0. The third kappa shape index (κ3) is 2.58. The number of benzene rings is 1. The maximum absolute atomic E-state index is 3.81. The number of hydrogen-bond acceptors (Lipinski definition) is 1. The standard InChI is InChI=1S/C18H27N/c1-13-9-14(2)11-16(10-13)18(8-4-5-15(18)3)12-19-17-6-7-17/h9-11,15,17,19H,4-8,12H2,1-3H3. The van der Waals surface area contributed by atoms with Crippen LogP contribution in [-0.2, 0) is 5.41 Å². The van der Waals surface area contributed by atoms with Gasteiger partial charge in [0, 0.05) is 18.0 Å². The van der Waals surface area contributed by atoms with Crippen molar-refractivity contribution < 1.29 is 0 Å². The van der Waals surface area contributed by atoms with Crippen LogP contribution < -0.4 is 5.32 Å². The van der Waals surface area contributed by atoms with Gasteiger partial charge in [-0.2, -0.15) is 0 Å². The van der Waals surface area contributed by atoms with Crippen molar-refractivity contribution in [1.29, 1.82) is 0 Å². The fourth-order valence-corrected chi connectivity index (χ4v) is 3.92. The van der Waals surface area contributed by atoms with E-state index in [0.29, 0.717) is 5.41 Å². The summed E-state index contributed by atoms with van der Waals surface area (Å²) in [5.41, 5.74) is 4.81. The summed E-state index contributed by atoms with van der Waals surface area (Å²) >= 11 is 0. The van der Waals surface area contributed by atoms with Gasteiger partial charge in [0.05, 0.1) is 0 Å². The maximum atomic E-state index is 3.81. The van der Waals surface area contributed by atoms with Gasteiger partial charge in [-0.3, -0.25) is 0 Å². The van der Waals surface area contributed by atoms with Crippen LogP contribution in [0.3, 0.4) is 0 Å². The molecule has 19 heavy (non-hydrogen) atoms. The normalized spacial score (nSPS) is 30.8. The summed E-state index contributed by atoms with van der Waals surface area (Å²) in [6.07, 6.45) is 6.91. The van der Waals surface area contributed by atoms with Crippen LogP contribution in [0.1, 0.15) is 55.7 Å². The van der Waals surface area contributed by atoms with Crippen LogP contribution in [-0.4, -0.2) is 12.6 Å². The van der Waals surface area contributed by atoms with Crippen molar-refractivity contribution in [3.8, 4) is 0 Å². The predicted molar refractivity (Wildman–Crippen MR) is 81.6 cm³/mol. The van der Waals surface area contributed by atoms with Crippen molar-refractivity contribution in [3.05, 3.63) is 34.9 Å². The molecule has 0 amide bonds. The Labute approximate surface area is 117 Å². The van der Waals surface area contributed by atoms with E-state index < -0.39 is 0 Å². The third-order valence-corrected chi connectivity index (χ3v) is 5.28. The van der Waals surface area contributed by atoms with E-state index in [2.05, 4.69) is 44.3 Å². The van der Waals surface area contributed by atoms with Crippen LogP contribution >= 0.6 is 0 Å². The predicted octanol–water partition coefficient (Wildman–Crippen LogP) is 4.11. The molecular weight excluding hydrogens is 230 g/mol. The molecule has 1 heteroatoms. The van der Waals surface area contributed by atoms with Crippen LogP contribution in [0, 0.1) is 19.8 Å². The Morgan fingerprint density at radius 3 is 2.32 bits per heavy atom. The zero-order valence-corrected chi connectivity index (χ0v) is 12.6. The van der Waals surface area contributed by atoms with Crippen LogP contribution in [0.2, 0.25) is 0 Å². The van der Waals surface area contributed by atoms with Gasteiger partial charge in [-0.1, -0.05) is 42.7 Å². The van der Waals surface area contributed by atoms with Crippen LogP contribution in [0.15, 0.2) is 18.2 Å². The molecule has 1 aromatic carbocycles. The number of rotatable bonds is 4. The second-order valence-electron chi connectivity index (χ2n) is 6.98. The Balaban J connectivity index is 1.92. The molecule has 2 atom stereocenters. The molecule has 0 aliphatic heterocycles. The van der Waals surface area contributed by atoms with E-state index in [9.17, 15) is 0 Å². The minimum atomic E-state index is 0.388. The second-order valence-corrected chi connectivity index (χ2v) is 6.98. The molecule has 0 aromatic heterocycles. The van der Waals surface area contributed by atoms with Crippen molar-refractivity contribution >= 4 is 0 Å². The molecule has 1 nitrogen and oxygen atoms in total. The van der Waals surface area contributed by atoms with Crippen molar-refractivity contribution in [3.63, 3.8) is 0 Å². The zero-order chi connectivity index (χ0) is 13.5. The minimum absolute atomic E-state index is 0.388. The van der Waals surface area contributed by atoms with Gasteiger partial charge >= 0.3 is 0 Å². The smallest absolute Gasteiger partial charge is 0.0104 e. The Kier molecular flexibility index (Phi) is 3.42. The van der Waals surface area contributed by atoms with E-state index in [-0.39, 0.29) is 0 Å². The third-order valence-electron chi connectivity index (χ3n) is 5.28. The average molecular weight is 257 g/mol. The lowest BCUT2D eigenvalue weighted by atomic mass is 9.72. The van der Waals surface area contributed by atoms with E-state index in [1.54, 1.807) is 5.56 Å². The molecule has 0 spiro atoms. The van der Waals surface area contributed by atoms with Gasteiger partial charge in [-0.15, -0.1) is 0 Å². The largest absolute Gasteiger partial charge is 0.313 e. The lowest BCUT2D eigenvalue weighted by molar-refractivity contribution is 0.316. The van der Waals surface area contributed by atoms with E-state index in [1.165, 1.54) is 49.8 Å². The Morgan fingerprint density at radius 1 is 1.11 bits per heavy atom. The molecule has 1 aromatic rings. The first-order chi connectivity index (χ1) is 9.10. The highest BCUT2D eigenvalue weighted by atomic mass is 15.0. The Hall–Kier alpha value is -0.820. The van der Waals surface area contributed by atoms with E-state index in [1.807, 2.05) is 0 Å². The van der Waals surface area contributed by atoms with Crippen molar-refractivity contribution in [2.45, 2.75) is 64.3 Å². The van der Waals surface area contributed by atoms with Gasteiger partial charge in [0.25, 0.3) is 0 Å². The lowest BCUT2D eigenvalue weighted by Gasteiger charge is -2.35. The van der Waals surface area contributed by atoms with Crippen LogP contribution in [0.5, 0.6) is 0 Å². The first-order valence-electron chi connectivity index (χ1n) is 7.92. The number of aryl methyl sites for hydroxylation is 2. The molecule has 2 unspecified atom stereocenters. The average Bonchev–Trinajstić information content (AvgIpc) is 3.10. The van der Waals surface area contributed by atoms with Crippen molar-refractivity contribution in [2.24, 2.45) is 5.92 Å². The molecule has 0 radical (unpaired) electrons. The molecule has 3 rings (SSSR count). The highest BCUT2D eigenvalue weighted by molar-refractivity contribution is 5.36. The maximum Gasteiger partial charge on any atom is 0.0104 e. The number of nitrogens with one attached hydrogen (secondary N) is 1. The fraction of sp³-hybridized carbons (Fsp3) is 0.667. The van der Waals surface area contributed by atoms with E-state index in [4.69, 9.17) is 0 Å². The molecule has 2 aliphatic rings. The number of hydrogen-bond donors (Lipinski definition) is 1. The lowest BCUT2D eigenvalue weighted by Crippen LogP contribution is -2.41. The molecule has 2 fully saturated rings. The topological polar surface area (TPSA) is 12.0 Å². The SMILES string of the molecule is Cc1cc(C)cc(C2(CNC3CC3)CCCC2C)c1. The highest BCUT2D eigenvalue weighted by Crippen LogP contribution is 2.46. The Bertz CT molecular complexity index is 441. The van der Waals surface area contributed by atoms with Gasteiger partial charge in [0.1, 0.15) is 0 Å². The van der Waals surface area contributed by atoms with Gasteiger partial charge in [-0.05, 0) is 51.0 Å². The minimum Gasteiger partial charge on any atom is -0.313 e. The summed E-state index contributed by atoms with van der Waals surface area (Å²) in [5.74, 6) is 0.806. The fourth-order valence-electron chi connectivity index (χ4n) is 3.92. The summed E-state index contributed by atoms with van der Waals surface area (Å²) < 4.78 is 0. The molecule has 0 bridgehead atoms. The van der Waals surface area contributed by atoms with Gasteiger partial charge in [0.15, 0.2) is 0 Å². The molecule has 2 saturated carbocycles. The molecule has 104 valence electrons. The summed E-state index contributed by atoms with van der Waals surface area (Å²) in [6, 6.07) is 7.98. The van der Waals surface area contributed by atoms with Crippen molar-refractivity contribution in [1.82, 2.24) is 5.32 Å². The van der Waals surface area contributed by atoms with Crippen molar-refractivity contribution in [2.75, 3.05) is 6.54 Å². The Morgan fingerprint density at radius 2 is 1.79 bits per heavy atom. The summed E-state index contributed by atoms with van der Waals surface area (Å²) in [5, 5.41) is 3.81. The van der Waals surface area contributed by atoms with E-state index >= 15 is 0 Å². The second kappa shape index (κ2) is 4.94. The molecule has 0 saturated heterocycles. The molecular formula is C18H27N. The molecule has 0 heterocycles. The van der Waals surface area contributed by atoms with E-state index in [0.717, 1.165) is 12.0 Å². The first kappa shape index (κ1) is 13.2. The van der Waals surface area contributed by atoms with Gasteiger partial charge < -0.3 is 5.32 Å². The highest BCUT2D eigenvalue weighted by Gasteiger charge is 2.42. The summed E-state index contributed by atoms with van der Waals surface area (Å²) in [7, 11) is 0. The molecule has 1 N–H and O–H groups in total.